The van der Waals surface area contributed by atoms with Crippen LogP contribution in [0.2, 0.25) is 0 Å². The van der Waals surface area contributed by atoms with Crippen LogP contribution in [0.25, 0.3) is 10.9 Å². The lowest BCUT2D eigenvalue weighted by Crippen LogP contribution is -2.47. The average molecular weight is 389 g/mol. The van der Waals surface area contributed by atoms with Gasteiger partial charge in [0.1, 0.15) is 5.75 Å². The highest BCUT2D eigenvalue weighted by molar-refractivity contribution is 6.15. The predicted molar refractivity (Wildman–Crippen MR) is 106 cm³/mol. The fourth-order valence-electron chi connectivity index (χ4n) is 4.37. The van der Waals surface area contributed by atoms with Gasteiger partial charge in [0.05, 0.1) is 13.2 Å². The number of ether oxygens (including phenoxy) is 1. The number of amides is 3. The number of carbonyl (C=O) groups excluding carboxylic acids is 3. The van der Waals surface area contributed by atoms with Crippen LogP contribution in [0.5, 0.6) is 5.75 Å². The molecule has 1 saturated heterocycles. The van der Waals surface area contributed by atoms with Crippen LogP contribution in [-0.2, 0) is 10.3 Å². The monoisotopic (exact) mass is 389 g/mol. The first-order valence-corrected chi connectivity index (χ1v) is 9.48. The summed E-state index contributed by atoms with van der Waals surface area (Å²) in [6.07, 6.45) is 0.325. The number of fused-ring (bicyclic) bond motifs is 3. The standard InChI is InChI=1S/C22H19N3O4/c1-13-19(14-6-2-4-8-16(14)23-13)17(26)12-25-20(27)22(24-21(25)28)10-11-29-18-9-5-3-7-15(18)22/h2-9,23H,10-12H2,1H3,(H,24,28)/t22-/m1/s1. The maximum absolute atomic E-state index is 13.3. The van der Waals surface area contributed by atoms with Crippen molar-refractivity contribution < 1.29 is 19.1 Å². The fourth-order valence-corrected chi connectivity index (χ4v) is 4.37. The zero-order valence-electron chi connectivity index (χ0n) is 15.8. The Kier molecular flexibility index (Phi) is 3.74. The second-order valence-corrected chi connectivity index (χ2v) is 7.42. The highest BCUT2D eigenvalue weighted by atomic mass is 16.5. The van der Waals surface area contributed by atoms with Crippen molar-refractivity contribution in [2.24, 2.45) is 0 Å². The summed E-state index contributed by atoms with van der Waals surface area (Å²) < 4.78 is 5.64. The number of imide groups is 1. The van der Waals surface area contributed by atoms with Gasteiger partial charge in [-0.1, -0.05) is 36.4 Å². The topological polar surface area (TPSA) is 91.5 Å². The van der Waals surface area contributed by atoms with E-state index in [0.29, 0.717) is 29.9 Å². The summed E-state index contributed by atoms with van der Waals surface area (Å²) in [7, 11) is 0. The van der Waals surface area contributed by atoms with Gasteiger partial charge in [0, 0.05) is 34.1 Å². The Morgan fingerprint density at radius 1 is 1.14 bits per heavy atom. The first-order valence-electron chi connectivity index (χ1n) is 9.48. The molecular formula is C22H19N3O4. The van der Waals surface area contributed by atoms with Gasteiger partial charge in [-0.25, -0.2) is 4.79 Å². The van der Waals surface area contributed by atoms with E-state index in [2.05, 4.69) is 10.3 Å². The van der Waals surface area contributed by atoms with Gasteiger partial charge in [-0.2, -0.15) is 0 Å². The highest BCUT2D eigenvalue weighted by Crippen LogP contribution is 2.41. The predicted octanol–water partition coefficient (Wildman–Crippen LogP) is 2.89. The quantitative estimate of drug-likeness (QED) is 0.532. The molecule has 3 heterocycles. The summed E-state index contributed by atoms with van der Waals surface area (Å²) in [5.74, 6) is -0.113. The van der Waals surface area contributed by atoms with Gasteiger partial charge in [0.25, 0.3) is 5.91 Å². The van der Waals surface area contributed by atoms with E-state index in [1.165, 1.54) is 0 Å². The molecule has 1 fully saturated rings. The smallest absolute Gasteiger partial charge is 0.325 e. The molecular weight excluding hydrogens is 370 g/mol. The van der Waals surface area contributed by atoms with Crippen LogP contribution in [0.3, 0.4) is 0 Å². The molecule has 2 N–H and O–H groups in total. The Balaban J connectivity index is 1.49. The number of aromatic amines is 1. The molecule has 1 atom stereocenters. The molecule has 2 aromatic carbocycles. The van der Waals surface area contributed by atoms with Gasteiger partial charge in [-0.05, 0) is 19.1 Å². The number of hydrogen-bond donors (Lipinski definition) is 2. The number of nitrogens with zero attached hydrogens (tertiary/aromatic N) is 1. The van der Waals surface area contributed by atoms with Crippen LogP contribution in [0.1, 0.15) is 28.0 Å². The summed E-state index contributed by atoms with van der Waals surface area (Å²) in [5, 5.41) is 3.61. The molecule has 0 aliphatic carbocycles. The van der Waals surface area contributed by atoms with Gasteiger partial charge >= 0.3 is 6.03 Å². The molecule has 3 aromatic rings. The second kappa shape index (κ2) is 6.20. The van der Waals surface area contributed by atoms with Crippen molar-refractivity contribution in [1.29, 1.82) is 0 Å². The molecule has 0 saturated carbocycles. The summed E-state index contributed by atoms with van der Waals surface area (Å²) in [6, 6.07) is 14.1. The number of urea groups is 1. The molecule has 2 aliphatic heterocycles. The minimum absolute atomic E-state index is 0.277. The lowest BCUT2D eigenvalue weighted by Gasteiger charge is -2.33. The van der Waals surface area contributed by atoms with E-state index in [4.69, 9.17) is 4.74 Å². The Hall–Kier alpha value is -3.61. The molecule has 5 rings (SSSR count). The second-order valence-electron chi connectivity index (χ2n) is 7.42. The van der Waals surface area contributed by atoms with E-state index in [1.54, 1.807) is 18.2 Å². The van der Waals surface area contributed by atoms with E-state index in [-0.39, 0.29) is 12.3 Å². The number of nitrogens with one attached hydrogen (secondary N) is 2. The van der Waals surface area contributed by atoms with E-state index < -0.39 is 17.5 Å². The third-order valence-corrected chi connectivity index (χ3v) is 5.73. The number of carbonyl (C=O) groups is 3. The van der Waals surface area contributed by atoms with E-state index in [0.717, 1.165) is 21.5 Å². The molecule has 3 amide bonds. The Morgan fingerprint density at radius 3 is 2.76 bits per heavy atom. The number of para-hydroxylation sites is 2. The maximum Gasteiger partial charge on any atom is 0.325 e. The van der Waals surface area contributed by atoms with Crippen LogP contribution < -0.4 is 10.1 Å². The van der Waals surface area contributed by atoms with E-state index in [1.807, 2.05) is 37.3 Å². The van der Waals surface area contributed by atoms with Crippen LogP contribution in [0.15, 0.2) is 48.5 Å². The molecule has 1 aromatic heterocycles. The largest absolute Gasteiger partial charge is 0.493 e. The van der Waals surface area contributed by atoms with Crippen LogP contribution >= 0.6 is 0 Å². The van der Waals surface area contributed by atoms with Crippen molar-refractivity contribution in [2.75, 3.05) is 13.2 Å². The zero-order chi connectivity index (χ0) is 20.2. The summed E-state index contributed by atoms with van der Waals surface area (Å²) >= 11 is 0. The van der Waals surface area contributed by atoms with Gasteiger partial charge in [-0.15, -0.1) is 0 Å². The minimum Gasteiger partial charge on any atom is -0.493 e. The molecule has 0 bridgehead atoms. The van der Waals surface area contributed by atoms with E-state index in [9.17, 15) is 14.4 Å². The maximum atomic E-state index is 13.3. The highest BCUT2D eigenvalue weighted by Gasteiger charge is 2.55. The SMILES string of the molecule is Cc1[nH]c2ccccc2c1C(=O)CN1C(=O)N[C@@]2(CCOc3ccccc32)C1=O. The first kappa shape index (κ1) is 17.5. The Bertz CT molecular complexity index is 1180. The number of benzene rings is 2. The van der Waals surface area contributed by atoms with Crippen molar-refractivity contribution in [3.05, 3.63) is 65.4 Å². The number of aromatic nitrogens is 1. The zero-order valence-corrected chi connectivity index (χ0v) is 15.8. The van der Waals surface area contributed by atoms with Crippen LogP contribution in [-0.4, -0.2) is 40.8 Å². The molecule has 1 spiro atoms. The minimum atomic E-state index is -1.18. The van der Waals surface area contributed by atoms with Crippen molar-refractivity contribution in [2.45, 2.75) is 18.9 Å². The van der Waals surface area contributed by atoms with Gasteiger partial charge in [0.15, 0.2) is 11.3 Å². The number of aryl methyl sites for hydroxylation is 1. The number of hydrogen-bond acceptors (Lipinski definition) is 4. The van der Waals surface area contributed by atoms with Gasteiger partial charge in [0.2, 0.25) is 0 Å². The Labute approximate surface area is 166 Å². The van der Waals surface area contributed by atoms with Crippen molar-refractivity contribution in [3.63, 3.8) is 0 Å². The average Bonchev–Trinajstić information content (AvgIpc) is 3.17. The number of ketones is 1. The lowest BCUT2D eigenvalue weighted by molar-refractivity contribution is -0.132. The molecule has 2 aliphatic rings. The third kappa shape index (κ3) is 2.47. The normalized spacial score (nSPS) is 20.7. The van der Waals surface area contributed by atoms with Gasteiger partial charge in [-0.3, -0.25) is 14.5 Å². The lowest BCUT2D eigenvalue weighted by atomic mass is 9.84. The van der Waals surface area contributed by atoms with Crippen LogP contribution in [0, 0.1) is 6.92 Å². The summed E-state index contributed by atoms with van der Waals surface area (Å²) in [6.45, 7) is 1.82. The van der Waals surface area contributed by atoms with Gasteiger partial charge < -0.3 is 15.0 Å². The molecule has 0 radical (unpaired) electrons. The molecule has 0 unspecified atom stereocenters. The summed E-state index contributed by atoms with van der Waals surface area (Å²) in [4.78, 5) is 43.3. The number of rotatable bonds is 3. The number of Topliss-reactive ketones (excluding diaryl/α,β-unsaturated/α-hetero) is 1. The molecule has 146 valence electrons. The van der Waals surface area contributed by atoms with E-state index >= 15 is 0 Å². The first-order chi connectivity index (χ1) is 14.0. The molecule has 29 heavy (non-hydrogen) atoms. The fraction of sp³-hybridized carbons (Fsp3) is 0.227. The molecule has 7 nitrogen and oxygen atoms in total. The number of H-pyrrole nitrogens is 1. The Morgan fingerprint density at radius 2 is 1.90 bits per heavy atom. The van der Waals surface area contributed by atoms with Crippen molar-refractivity contribution >= 4 is 28.6 Å². The van der Waals surface area contributed by atoms with Crippen molar-refractivity contribution in [3.8, 4) is 5.75 Å². The van der Waals surface area contributed by atoms with Crippen molar-refractivity contribution in [1.82, 2.24) is 15.2 Å². The third-order valence-electron chi connectivity index (χ3n) is 5.73. The van der Waals surface area contributed by atoms with Crippen LogP contribution in [0.4, 0.5) is 4.79 Å². The molecule has 7 heteroatoms. The summed E-state index contributed by atoms with van der Waals surface area (Å²) in [5.41, 5.74) is 1.52.